The summed E-state index contributed by atoms with van der Waals surface area (Å²) in [6.07, 6.45) is 4.77. The molecule has 0 N–H and O–H groups in total. The molecule has 5 fully saturated rings. The molecule has 0 radical (unpaired) electrons. The van der Waals surface area contributed by atoms with Crippen LogP contribution >= 0.6 is 11.8 Å². The van der Waals surface area contributed by atoms with Gasteiger partial charge in [-0.05, 0) is 49.9 Å². The minimum absolute atomic E-state index is 0.0577. The average Bonchev–Trinajstić information content (AvgIpc) is 3.61. The third-order valence-corrected chi connectivity index (χ3v) is 10.5. The van der Waals surface area contributed by atoms with E-state index in [1.54, 1.807) is 11.8 Å². The van der Waals surface area contributed by atoms with Crippen LogP contribution in [0.5, 0.6) is 0 Å². The Balaban J connectivity index is 1.36. The normalized spacial score (nSPS) is 57.4. The summed E-state index contributed by atoms with van der Waals surface area (Å²) in [5.41, 5.74) is 0.932. The van der Waals surface area contributed by atoms with Gasteiger partial charge in [0.25, 0.3) is 0 Å². The molecule has 0 aromatic heterocycles. The smallest absolute Gasteiger partial charge is 0.334 e. The lowest BCUT2D eigenvalue weighted by Gasteiger charge is -2.54. The first-order chi connectivity index (χ1) is 14.3. The summed E-state index contributed by atoms with van der Waals surface area (Å²) in [4.78, 5) is 12.2. The lowest BCUT2D eigenvalue weighted by Crippen LogP contribution is -2.70. The van der Waals surface area contributed by atoms with Crippen LogP contribution in [0.3, 0.4) is 0 Å². The van der Waals surface area contributed by atoms with E-state index in [0.29, 0.717) is 12.5 Å². The van der Waals surface area contributed by atoms with Gasteiger partial charge in [-0.3, -0.25) is 0 Å². The number of ether oxygens (including phenoxy) is 5. The Morgan fingerprint density at radius 2 is 1.97 bits per heavy atom. The number of fused-ring (bicyclic) bond motifs is 4. The minimum atomic E-state index is -0.439. The molecule has 7 aliphatic rings. The van der Waals surface area contributed by atoms with Gasteiger partial charge in [-0.1, -0.05) is 20.8 Å². The maximum atomic E-state index is 12.2. The van der Waals surface area contributed by atoms with E-state index < -0.39 is 5.60 Å². The molecule has 4 aliphatic heterocycles. The number of hydrogen-bond donors (Lipinski definition) is 0. The topological polar surface area (TPSA) is 73.1 Å². The van der Waals surface area contributed by atoms with E-state index in [4.69, 9.17) is 23.7 Å². The summed E-state index contributed by atoms with van der Waals surface area (Å²) in [6, 6.07) is 0. The highest BCUT2D eigenvalue weighted by Crippen LogP contribution is 2.83. The Bertz CT molecular complexity index is 902. The fourth-order valence-corrected chi connectivity index (χ4v) is 8.34. The maximum Gasteiger partial charge on any atom is 0.334 e. The highest BCUT2D eigenvalue weighted by Gasteiger charge is 3.00. The average molecular weight is 435 g/mol. The van der Waals surface area contributed by atoms with Gasteiger partial charge in [0.1, 0.15) is 41.6 Å². The number of thioether (sulfide) groups is 1. The van der Waals surface area contributed by atoms with E-state index in [1.165, 1.54) is 5.57 Å². The van der Waals surface area contributed by atoms with Gasteiger partial charge in [0, 0.05) is 11.0 Å². The highest BCUT2D eigenvalue weighted by atomic mass is 32.2. The van der Waals surface area contributed by atoms with Gasteiger partial charge in [0.15, 0.2) is 5.60 Å². The molecule has 0 aromatic rings. The Morgan fingerprint density at radius 3 is 2.70 bits per heavy atom. The van der Waals surface area contributed by atoms with Crippen LogP contribution < -0.4 is 0 Å². The number of epoxide rings is 3. The first-order valence-corrected chi connectivity index (χ1v) is 12.7. The molecule has 2 spiro atoms. The predicted octanol–water partition coefficient (Wildman–Crippen LogP) is 2.84. The minimum Gasteiger partial charge on any atom is -0.458 e. The van der Waals surface area contributed by atoms with Crippen molar-refractivity contribution in [1.29, 1.82) is 0 Å². The number of esters is 1. The SMILES string of the molecule is CSC(C)O[C@@H]1[C@@]2(C(C)C)O[C@H]2[C@@H]2O[C@]23[C@]12O[C@H]2C[C@H]1C2=C(CC[C@@]13C)C(=O)OC2. The number of hydrogen-bond acceptors (Lipinski definition) is 7. The molecule has 3 saturated heterocycles. The maximum absolute atomic E-state index is 12.2. The summed E-state index contributed by atoms with van der Waals surface area (Å²) in [7, 11) is 0. The van der Waals surface area contributed by atoms with Crippen LogP contribution in [-0.2, 0) is 28.5 Å². The molecular weight excluding hydrogens is 404 g/mol. The molecule has 3 aliphatic carbocycles. The second-order valence-electron chi connectivity index (χ2n) is 10.8. The molecule has 0 aromatic carbocycles. The second-order valence-corrected chi connectivity index (χ2v) is 12.0. The summed E-state index contributed by atoms with van der Waals surface area (Å²) in [5, 5.41) is 0. The molecule has 164 valence electrons. The van der Waals surface area contributed by atoms with Crippen LogP contribution in [-0.4, -0.2) is 65.5 Å². The van der Waals surface area contributed by atoms with Crippen LogP contribution in [0.15, 0.2) is 11.1 Å². The first-order valence-electron chi connectivity index (χ1n) is 11.4. The van der Waals surface area contributed by atoms with Crippen LogP contribution in [0.1, 0.15) is 47.0 Å². The van der Waals surface area contributed by atoms with Crippen molar-refractivity contribution in [3.8, 4) is 0 Å². The third-order valence-electron chi connectivity index (χ3n) is 9.73. The van der Waals surface area contributed by atoms with Crippen molar-refractivity contribution in [3.05, 3.63) is 11.1 Å². The van der Waals surface area contributed by atoms with Crippen LogP contribution in [0.2, 0.25) is 0 Å². The lowest BCUT2D eigenvalue weighted by molar-refractivity contribution is -0.136. The fourth-order valence-electron chi connectivity index (χ4n) is 8.12. The summed E-state index contributed by atoms with van der Waals surface area (Å²) in [6.45, 7) is 9.38. The van der Waals surface area contributed by atoms with Gasteiger partial charge in [-0.2, -0.15) is 0 Å². The number of carbonyl (C=O) groups excluding carboxylic acids is 1. The van der Waals surface area contributed by atoms with E-state index >= 15 is 0 Å². The quantitative estimate of drug-likeness (QED) is 0.383. The lowest BCUT2D eigenvalue weighted by atomic mass is 9.46. The molecule has 0 amide bonds. The van der Waals surface area contributed by atoms with Crippen molar-refractivity contribution < 1.29 is 28.5 Å². The molecule has 10 atom stereocenters. The van der Waals surface area contributed by atoms with E-state index in [0.717, 1.165) is 24.8 Å². The van der Waals surface area contributed by atoms with Gasteiger partial charge in [-0.25, -0.2) is 4.79 Å². The van der Waals surface area contributed by atoms with Crippen LogP contribution in [0.4, 0.5) is 0 Å². The van der Waals surface area contributed by atoms with Crippen molar-refractivity contribution in [2.75, 3.05) is 12.9 Å². The molecule has 6 nitrogen and oxygen atoms in total. The Labute approximate surface area is 181 Å². The molecular formula is C23H30O6S. The van der Waals surface area contributed by atoms with Gasteiger partial charge in [0.05, 0.1) is 6.10 Å². The highest BCUT2D eigenvalue weighted by molar-refractivity contribution is 7.99. The van der Waals surface area contributed by atoms with Gasteiger partial charge >= 0.3 is 5.97 Å². The second kappa shape index (κ2) is 5.30. The number of rotatable bonds is 4. The Morgan fingerprint density at radius 1 is 1.17 bits per heavy atom. The molecule has 7 heteroatoms. The zero-order chi connectivity index (χ0) is 20.8. The first kappa shape index (κ1) is 18.9. The van der Waals surface area contributed by atoms with Crippen molar-refractivity contribution >= 4 is 17.7 Å². The standard InChI is InChI=1S/C23H30O6S/c1-10(2)21-16(28-21)17-23(29-17)20(4)7-6-12-13(9-25-18(12)24)14(20)8-15-22(23,27-15)19(21)26-11(3)30-5/h10-11,14-17,19H,6-9H2,1-5H3/t11?,14-,15-,16-,17-,19+,20-,21-,22+,23+/m0/s1. The molecule has 0 bridgehead atoms. The van der Waals surface area contributed by atoms with E-state index in [1.807, 2.05) is 0 Å². The Kier molecular flexibility index (Phi) is 3.35. The zero-order valence-electron chi connectivity index (χ0n) is 18.2. The van der Waals surface area contributed by atoms with Crippen molar-refractivity contribution in [3.63, 3.8) is 0 Å². The molecule has 2 saturated carbocycles. The largest absolute Gasteiger partial charge is 0.458 e. The molecule has 7 rings (SSSR count). The van der Waals surface area contributed by atoms with Crippen molar-refractivity contribution in [2.24, 2.45) is 17.3 Å². The van der Waals surface area contributed by atoms with Crippen molar-refractivity contribution in [1.82, 2.24) is 0 Å². The molecule has 1 unspecified atom stereocenters. The summed E-state index contributed by atoms with van der Waals surface area (Å²) >= 11 is 1.72. The van der Waals surface area contributed by atoms with Crippen molar-refractivity contribution in [2.45, 2.75) is 93.6 Å². The summed E-state index contributed by atoms with van der Waals surface area (Å²) in [5.74, 6) is 0.478. The van der Waals surface area contributed by atoms with E-state index in [2.05, 4.69) is 34.0 Å². The molecule has 30 heavy (non-hydrogen) atoms. The van der Waals surface area contributed by atoms with Crippen LogP contribution in [0.25, 0.3) is 0 Å². The van der Waals surface area contributed by atoms with Gasteiger partial charge < -0.3 is 23.7 Å². The monoisotopic (exact) mass is 434 g/mol. The molecule has 4 heterocycles. The van der Waals surface area contributed by atoms with E-state index in [9.17, 15) is 4.79 Å². The van der Waals surface area contributed by atoms with Gasteiger partial charge in [0.2, 0.25) is 0 Å². The number of cyclic esters (lactones) is 1. The third kappa shape index (κ3) is 1.72. The number of carbonyl (C=O) groups is 1. The Hall–Kier alpha value is -0.600. The van der Waals surface area contributed by atoms with Gasteiger partial charge in [-0.15, -0.1) is 11.8 Å². The van der Waals surface area contributed by atoms with Crippen LogP contribution in [0, 0.1) is 17.3 Å². The zero-order valence-corrected chi connectivity index (χ0v) is 19.0. The predicted molar refractivity (Wildman–Crippen MR) is 109 cm³/mol. The summed E-state index contributed by atoms with van der Waals surface area (Å²) < 4.78 is 32.1. The van der Waals surface area contributed by atoms with E-state index in [-0.39, 0.29) is 58.4 Å². The fraction of sp³-hybridized carbons (Fsp3) is 0.870.